The SMILES string of the molecule is COc1ccc(NS(=O)(=O)c2cc([N+](=O)[O-])ccc2N/N=C/c2c(C)nn(-c3ccc(F)cc3)c2Cl)cc1. The number of anilines is 2. The van der Waals surface area contributed by atoms with Gasteiger partial charge >= 0.3 is 0 Å². The quantitative estimate of drug-likeness (QED) is 0.165. The summed E-state index contributed by atoms with van der Waals surface area (Å²) in [5.74, 6) is 0.117. The predicted octanol–water partition coefficient (Wildman–Crippen LogP) is 5.14. The molecule has 38 heavy (non-hydrogen) atoms. The molecule has 2 N–H and O–H groups in total. The lowest BCUT2D eigenvalue weighted by molar-refractivity contribution is -0.385. The van der Waals surface area contributed by atoms with Gasteiger partial charge in [-0.05, 0) is 61.5 Å². The Labute approximate surface area is 221 Å². The van der Waals surface area contributed by atoms with Crippen LogP contribution in [0.15, 0.2) is 76.7 Å². The van der Waals surface area contributed by atoms with Gasteiger partial charge in [0.25, 0.3) is 15.7 Å². The summed E-state index contributed by atoms with van der Waals surface area (Å²) in [6.07, 6.45) is 1.33. The van der Waals surface area contributed by atoms with E-state index in [4.69, 9.17) is 16.3 Å². The lowest BCUT2D eigenvalue weighted by atomic mass is 10.3. The van der Waals surface area contributed by atoms with Crippen LogP contribution in [0, 0.1) is 22.9 Å². The number of halogens is 2. The summed E-state index contributed by atoms with van der Waals surface area (Å²) in [5, 5.41) is 19.9. The molecule has 0 atom stereocenters. The molecule has 196 valence electrons. The zero-order valence-electron chi connectivity index (χ0n) is 19.9. The van der Waals surface area contributed by atoms with E-state index in [-0.39, 0.29) is 16.5 Å². The van der Waals surface area contributed by atoms with E-state index in [1.807, 2.05) is 0 Å². The number of nitrogens with zero attached hydrogens (tertiary/aromatic N) is 4. The van der Waals surface area contributed by atoms with Crippen LogP contribution in [-0.4, -0.2) is 36.4 Å². The van der Waals surface area contributed by atoms with Crippen molar-refractivity contribution in [3.63, 3.8) is 0 Å². The van der Waals surface area contributed by atoms with Crippen LogP contribution in [-0.2, 0) is 10.0 Å². The number of methoxy groups -OCH3 is 1. The standard InChI is InChI=1S/C24H20ClFN6O5S/c1-15-21(24(25)31(29-15)18-7-3-16(26)4-8-18)14-27-28-22-12-9-19(32(33)34)13-23(22)38(35,36)30-17-5-10-20(37-2)11-6-17/h3-14,28,30H,1-2H3/b27-14+. The zero-order chi connectivity index (χ0) is 27.4. The van der Waals surface area contributed by atoms with Crippen LogP contribution < -0.4 is 14.9 Å². The molecule has 0 saturated carbocycles. The molecule has 4 rings (SSSR count). The van der Waals surface area contributed by atoms with Gasteiger partial charge in [-0.3, -0.25) is 20.3 Å². The van der Waals surface area contributed by atoms with Crippen LogP contribution >= 0.6 is 11.6 Å². The summed E-state index contributed by atoms with van der Waals surface area (Å²) in [6.45, 7) is 1.69. The van der Waals surface area contributed by atoms with E-state index in [2.05, 4.69) is 20.3 Å². The van der Waals surface area contributed by atoms with Gasteiger partial charge in [0, 0.05) is 17.8 Å². The van der Waals surface area contributed by atoms with E-state index >= 15 is 0 Å². The largest absolute Gasteiger partial charge is 0.497 e. The Morgan fingerprint density at radius 2 is 1.82 bits per heavy atom. The number of nitro benzene ring substituents is 1. The minimum Gasteiger partial charge on any atom is -0.497 e. The Morgan fingerprint density at radius 1 is 1.13 bits per heavy atom. The second kappa shape index (κ2) is 10.9. The van der Waals surface area contributed by atoms with Gasteiger partial charge in [-0.25, -0.2) is 17.5 Å². The molecule has 0 spiro atoms. The molecule has 0 radical (unpaired) electrons. The lowest BCUT2D eigenvalue weighted by Crippen LogP contribution is -2.15. The Kier molecular flexibility index (Phi) is 7.60. The van der Waals surface area contributed by atoms with Gasteiger partial charge in [0.15, 0.2) is 0 Å². The number of hydrazone groups is 1. The first-order valence-corrected chi connectivity index (χ1v) is 12.7. The highest BCUT2D eigenvalue weighted by atomic mass is 35.5. The van der Waals surface area contributed by atoms with E-state index in [0.29, 0.717) is 22.7 Å². The first-order valence-electron chi connectivity index (χ1n) is 10.8. The molecular weight excluding hydrogens is 539 g/mol. The first kappa shape index (κ1) is 26.6. The third-order valence-corrected chi connectivity index (χ3v) is 7.09. The first-order chi connectivity index (χ1) is 18.1. The Bertz CT molecular complexity index is 1620. The number of non-ortho nitro benzene ring substituents is 1. The third-order valence-electron chi connectivity index (χ3n) is 5.31. The van der Waals surface area contributed by atoms with Crippen molar-refractivity contribution in [1.29, 1.82) is 0 Å². The highest BCUT2D eigenvalue weighted by Crippen LogP contribution is 2.29. The van der Waals surface area contributed by atoms with Gasteiger partial charge < -0.3 is 4.74 Å². The molecule has 4 aromatic rings. The molecule has 0 saturated heterocycles. The van der Waals surface area contributed by atoms with Gasteiger partial charge in [0.05, 0.1) is 40.9 Å². The number of rotatable bonds is 9. The predicted molar refractivity (Wildman–Crippen MR) is 141 cm³/mol. The van der Waals surface area contributed by atoms with Crippen molar-refractivity contribution in [1.82, 2.24) is 9.78 Å². The molecule has 1 aromatic heterocycles. The van der Waals surface area contributed by atoms with E-state index in [9.17, 15) is 22.9 Å². The maximum Gasteiger partial charge on any atom is 0.270 e. The molecule has 0 unspecified atom stereocenters. The highest BCUT2D eigenvalue weighted by Gasteiger charge is 2.23. The monoisotopic (exact) mass is 558 g/mol. The van der Waals surface area contributed by atoms with Crippen molar-refractivity contribution in [2.75, 3.05) is 17.3 Å². The van der Waals surface area contributed by atoms with E-state index in [1.165, 1.54) is 60.5 Å². The Morgan fingerprint density at radius 3 is 2.45 bits per heavy atom. The highest BCUT2D eigenvalue weighted by molar-refractivity contribution is 7.92. The molecular formula is C24H20ClFN6O5S. The van der Waals surface area contributed by atoms with Gasteiger partial charge in [0.1, 0.15) is 21.6 Å². The molecule has 0 aliphatic rings. The summed E-state index contributed by atoms with van der Waals surface area (Å²) < 4.78 is 48.4. The average molecular weight is 559 g/mol. The van der Waals surface area contributed by atoms with Crippen molar-refractivity contribution >= 4 is 44.9 Å². The molecule has 0 amide bonds. The van der Waals surface area contributed by atoms with Gasteiger partial charge in [-0.2, -0.15) is 10.2 Å². The fourth-order valence-corrected chi connectivity index (χ4v) is 4.94. The minimum atomic E-state index is -4.27. The van der Waals surface area contributed by atoms with E-state index < -0.39 is 31.3 Å². The van der Waals surface area contributed by atoms with Gasteiger partial charge in [0.2, 0.25) is 0 Å². The van der Waals surface area contributed by atoms with Crippen LogP contribution in [0.4, 0.5) is 21.5 Å². The normalized spacial score (nSPS) is 11.5. The van der Waals surface area contributed by atoms with Crippen LogP contribution in [0.1, 0.15) is 11.3 Å². The van der Waals surface area contributed by atoms with Gasteiger partial charge in [-0.1, -0.05) is 11.6 Å². The fraction of sp³-hybridized carbons (Fsp3) is 0.0833. The maximum atomic E-state index is 13.3. The summed E-state index contributed by atoms with van der Waals surface area (Å²) in [5.41, 5.74) is 3.85. The average Bonchev–Trinajstić information content (AvgIpc) is 3.17. The molecule has 11 nitrogen and oxygen atoms in total. The van der Waals surface area contributed by atoms with Crippen molar-refractivity contribution in [3.05, 3.63) is 99.1 Å². The number of ether oxygens (including phenoxy) is 1. The molecule has 0 aliphatic carbocycles. The second-order valence-corrected chi connectivity index (χ2v) is 9.83. The number of nitrogens with one attached hydrogen (secondary N) is 2. The molecule has 0 bridgehead atoms. The number of sulfonamides is 1. The molecule has 0 fully saturated rings. The summed E-state index contributed by atoms with van der Waals surface area (Å²) in [7, 11) is -2.80. The van der Waals surface area contributed by atoms with Crippen LogP contribution in [0.2, 0.25) is 5.15 Å². The van der Waals surface area contributed by atoms with Gasteiger partial charge in [-0.15, -0.1) is 0 Å². The number of benzene rings is 3. The third kappa shape index (κ3) is 5.74. The van der Waals surface area contributed by atoms with E-state index in [0.717, 1.165) is 12.1 Å². The second-order valence-electron chi connectivity index (χ2n) is 7.82. The molecule has 3 aromatic carbocycles. The zero-order valence-corrected chi connectivity index (χ0v) is 21.5. The van der Waals surface area contributed by atoms with Crippen molar-refractivity contribution in [3.8, 4) is 11.4 Å². The Balaban J connectivity index is 1.63. The smallest absolute Gasteiger partial charge is 0.270 e. The van der Waals surface area contributed by atoms with Crippen molar-refractivity contribution in [2.45, 2.75) is 11.8 Å². The molecule has 0 aliphatic heterocycles. The number of hydrogen-bond donors (Lipinski definition) is 2. The van der Waals surface area contributed by atoms with Crippen LogP contribution in [0.3, 0.4) is 0 Å². The van der Waals surface area contributed by atoms with Crippen LogP contribution in [0.25, 0.3) is 5.69 Å². The van der Waals surface area contributed by atoms with Crippen molar-refractivity contribution in [2.24, 2.45) is 5.10 Å². The lowest BCUT2D eigenvalue weighted by Gasteiger charge is -2.12. The fourth-order valence-electron chi connectivity index (χ4n) is 3.39. The summed E-state index contributed by atoms with van der Waals surface area (Å²) in [6, 6.07) is 15.0. The summed E-state index contributed by atoms with van der Waals surface area (Å²) >= 11 is 6.45. The van der Waals surface area contributed by atoms with E-state index in [1.54, 1.807) is 19.1 Å². The molecule has 1 heterocycles. The topological polar surface area (TPSA) is 141 Å². The number of aromatic nitrogens is 2. The number of nitro groups is 1. The summed E-state index contributed by atoms with van der Waals surface area (Å²) in [4.78, 5) is 10.2. The molecule has 14 heteroatoms. The van der Waals surface area contributed by atoms with Crippen molar-refractivity contribution < 1.29 is 22.5 Å². The Hall–Kier alpha value is -4.49. The number of aryl methyl sites for hydroxylation is 1. The van der Waals surface area contributed by atoms with Crippen LogP contribution in [0.5, 0.6) is 5.75 Å². The minimum absolute atomic E-state index is 0.0208. The maximum absolute atomic E-state index is 13.3. The number of hydrogen-bond acceptors (Lipinski definition) is 8.